The molecule has 2 aromatic rings. The molecule has 0 radical (unpaired) electrons. The Morgan fingerprint density at radius 2 is 1.85 bits per heavy atom. The van der Waals surface area contributed by atoms with Crippen LogP contribution in [0.5, 0.6) is 0 Å². The van der Waals surface area contributed by atoms with E-state index in [4.69, 9.17) is 4.74 Å². The first-order valence-electron chi connectivity index (χ1n) is 11.8. The lowest BCUT2D eigenvalue weighted by Crippen LogP contribution is -2.49. The number of rotatable bonds is 6. The Morgan fingerprint density at radius 3 is 2.47 bits per heavy atom. The van der Waals surface area contributed by atoms with Gasteiger partial charge in [-0.1, -0.05) is 36.4 Å². The molecule has 3 heterocycles. The summed E-state index contributed by atoms with van der Waals surface area (Å²) in [5, 5.41) is 1.92. The molecule has 1 fully saturated rings. The van der Waals surface area contributed by atoms with Crippen LogP contribution in [0.3, 0.4) is 0 Å². The zero-order valence-electron chi connectivity index (χ0n) is 20.0. The summed E-state index contributed by atoms with van der Waals surface area (Å²) in [4.78, 5) is 42.7. The molecule has 4 rings (SSSR count). The van der Waals surface area contributed by atoms with Gasteiger partial charge >= 0.3 is 0 Å². The monoisotopic (exact) mass is 480 g/mol. The maximum Gasteiger partial charge on any atom is 0.289 e. The molecule has 180 valence electrons. The second-order valence-electron chi connectivity index (χ2n) is 9.79. The van der Waals surface area contributed by atoms with Gasteiger partial charge in [0, 0.05) is 38.7 Å². The third kappa shape index (κ3) is 5.58. The number of ketones is 1. The van der Waals surface area contributed by atoms with Crippen LogP contribution in [-0.4, -0.2) is 59.2 Å². The summed E-state index contributed by atoms with van der Waals surface area (Å²) in [6, 6.07) is 14.0. The van der Waals surface area contributed by atoms with Crippen LogP contribution in [0.4, 0.5) is 0 Å². The summed E-state index contributed by atoms with van der Waals surface area (Å²) < 4.78 is 5.82. The summed E-state index contributed by atoms with van der Waals surface area (Å²) >= 11 is 1.46. The molecule has 2 aliphatic heterocycles. The number of carbonyl (C=O) groups is 3. The van der Waals surface area contributed by atoms with Crippen LogP contribution >= 0.6 is 11.3 Å². The van der Waals surface area contributed by atoms with E-state index in [2.05, 4.69) is 12.1 Å². The molecule has 1 aromatic carbocycles. The van der Waals surface area contributed by atoms with E-state index in [1.54, 1.807) is 4.90 Å². The molecule has 6 nitrogen and oxygen atoms in total. The maximum absolute atomic E-state index is 13.2. The van der Waals surface area contributed by atoms with Crippen molar-refractivity contribution in [1.29, 1.82) is 0 Å². The van der Waals surface area contributed by atoms with Crippen LogP contribution in [0.15, 0.2) is 59.7 Å². The molecule has 0 N–H and O–H groups in total. The average Bonchev–Trinajstić information content (AvgIpc) is 3.36. The van der Waals surface area contributed by atoms with Crippen LogP contribution in [0.1, 0.15) is 48.3 Å². The Kier molecular flexibility index (Phi) is 7.22. The number of likely N-dealkylation sites (tertiary alicyclic amines) is 1. The molecule has 1 atom stereocenters. The van der Waals surface area contributed by atoms with Gasteiger partial charge < -0.3 is 14.5 Å². The largest absolute Gasteiger partial charge is 0.481 e. The summed E-state index contributed by atoms with van der Waals surface area (Å²) in [6.45, 7) is 4.80. The lowest BCUT2D eigenvalue weighted by atomic mass is 9.84. The number of carbonyl (C=O) groups excluding carboxylic acids is 3. The number of piperidine rings is 1. The molecule has 1 aromatic heterocycles. The minimum Gasteiger partial charge on any atom is -0.481 e. The van der Waals surface area contributed by atoms with Crippen LogP contribution in [0.25, 0.3) is 0 Å². The molecule has 0 aliphatic carbocycles. The number of allylic oxidation sites excluding steroid dienone is 1. The van der Waals surface area contributed by atoms with Gasteiger partial charge in [-0.15, -0.1) is 11.3 Å². The molecule has 0 spiro atoms. The standard InChI is InChI=1S/C27H32N2O4S/c1-27(2)18-21(30)17-23(33-27)25(31)29-13-11-20(12-14-29)22(16-19-8-5-4-6-9-19)28(3)26(32)24-10-7-15-34-24/h4-10,15,17,20,22H,11-14,16,18H2,1-3H3. The molecule has 7 heteroatoms. The highest BCUT2D eigenvalue weighted by Gasteiger charge is 2.37. The van der Waals surface area contributed by atoms with E-state index in [1.165, 1.54) is 23.0 Å². The van der Waals surface area contributed by atoms with E-state index in [0.717, 1.165) is 24.1 Å². The highest BCUT2D eigenvalue weighted by Crippen LogP contribution is 2.30. The predicted molar refractivity (Wildman–Crippen MR) is 133 cm³/mol. The quantitative estimate of drug-likeness (QED) is 0.618. The number of thiophene rings is 1. The van der Waals surface area contributed by atoms with Gasteiger partial charge in [-0.25, -0.2) is 0 Å². The molecular weight excluding hydrogens is 448 g/mol. The smallest absolute Gasteiger partial charge is 0.289 e. The summed E-state index contributed by atoms with van der Waals surface area (Å²) in [5.41, 5.74) is 0.527. The summed E-state index contributed by atoms with van der Waals surface area (Å²) in [5.74, 6) is 0.146. The number of hydrogen-bond acceptors (Lipinski definition) is 5. The van der Waals surface area contributed by atoms with Crippen molar-refractivity contribution in [2.24, 2.45) is 5.92 Å². The number of ether oxygens (including phenoxy) is 1. The van der Waals surface area contributed by atoms with Crippen molar-refractivity contribution in [2.45, 2.75) is 51.2 Å². The second kappa shape index (κ2) is 10.1. The van der Waals surface area contributed by atoms with Gasteiger partial charge in [0.1, 0.15) is 5.60 Å². The Balaban J connectivity index is 1.46. The topological polar surface area (TPSA) is 66.9 Å². The first kappa shape index (κ1) is 24.2. The number of likely N-dealkylation sites (N-methyl/N-ethyl adjacent to an activating group) is 1. The summed E-state index contributed by atoms with van der Waals surface area (Å²) in [6.07, 6.45) is 3.96. The van der Waals surface area contributed by atoms with E-state index in [1.807, 2.05) is 61.5 Å². The fourth-order valence-corrected chi connectivity index (χ4v) is 5.63. The number of nitrogens with zero attached hydrogens (tertiary/aromatic N) is 2. The Bertz CT molecular complexity index is 1050. The van der Waals surface area contributed by atoms with E-state index in [9.17, 15) is 14.4 Å². The van der Waals surface area contributed by atoms with Crippen molar-refractivity contribution in [3.63, 3.8) is 0 Å². The van der Waals surface area contributed by atoms with Crippen LogP contribution in [0.2, 0.25) is 0 Å². The number of hydrogen-bond donors (Lipinski definition) is 0. The molecule has 1 unspecified atom stereocenters. The molecule has 2 aliphatic rings. The SMILES string of the molecule is CN(C(=O)c1cccs1)C(Cc1ccccc1)C1CCN(C(=O)C2=CC(=O)CC(C)(C)O2)CC1. The van der Waals surface area contributed by atoms with Crippen molar-refractivity contribution >= 4 is 28.9 Å². The highest BCUT2D eigenvalue weighted by atomic mass is 32.1. The second-order valence-corrected chi connectivity index (χ2v) is 10.7. The normalized spacial score (nSPS) is 19.2. The van der Waals surface area contributed by atoms with Gasteiger partial charge in [-0.05, 0) is 56.0 Å². The van der Waals surface area contributed by atoms with Crippen molar-refractivity contribution in [3.8, 4) is 0 Å². The van der Waals surface area contributed by atoms with E-state index >= 15 is 0 Å². The van der Waals surface area contributed by atoms with Gasteiger partial charge in [-0.3, -0.25) is 14.4 Å². The predicted octanol–water partition coefficient (Wildman–Crippen LogP) is 4.32. The molecule has 2 amide bonds. The molecule has 1 saturated heterocycles. The molecule has 34 heavy (non-hydrogen) atoms. The molecular formula is C27H32N2O4S. The van der Waals surface area contributed by atoms with Crippen molar-refractivity contribution in [2.75, 3.05) is 20.1 Å². The maximum atomic E-state index is 13.2. The Labute approximate surface area is 205 Å². The van der Waals surface area contributed by atoms with Crippen LogP contribution < -0.4 is 0 Å². The molecule has 0 saturated carbocycles. The van der Waals surface area contributed by atoms with Gasteiger partial charge in [0.25, 0.3) is 11.8 Å². The summed E-state index contributed by atoms with van der Waals surface area (Å²) in [7, 11) is 1.89. The van der Waals surface area contributed by atoms with Crippen LogP contribution in [0, 0.1) is 5.92 Å². The Morgan fingerprint density at radius 1 is 1.15 bits per heavy atom. The van der Waals surface area contributed by atoms with Gasteiger partial charge in [-0.2, -0.15) is 0 Å². The lowest BCUT2D eigenvalue weighted by Gasteiger charge is -2.40. The first-order chi connectivity index (χ1) is 16.2. The fraction of sp³-hybridized carbons (Fsp3) is 0.444. The minimum absolute atomic E-state index is 0.0277. The first-order valence-corrected chi connectivity index (χ1v) is 12.7. The average molecular weight is 481 g/mol. The van der Waals surface area contributed by atoms with Crippen LogP contribution in [-0.2, 0) is 20.7 Å². The zero-order valence-corrected chi connectivity index (χ0v) is 20.8. The van der Waals surface area contributed by atoms with Gasteiger partial charge in [0.05, 0.1) is 4.88 Å². The van der Waals surface area contributed by atoms with Crippen molar-refractivity contribution in [1.82, 2.24) is 9.80 Å². The fourth-order valence-electron chi connectivity index (χ4n) is 4.93. The molecule has 0 bridgehead atoms. The third-order valence-corrected chi connectivity index (χ3v) is 7.56. The third-order valence-electron chi connectivity index (χ3n) is 6.70. The zero-order chi connectivity index (χ0) is 24.3. The van der Waals surface area contributed by atoms with E-state index in [-0.39, 0.29) is 41.7 Å². The van der Waals surface area contributed by atoms with E-state index in [0.29, 0.717) is 13.1 Å². The van der Waals surface area contributed by atoms with E-state index < -0.39 is 5.60 Å². The van der Waals surface area contributed by atoms with Gasteiger partial charge in [0.15, 0.2) is 11.5 Å². The number of amides is 2. The minimum atomic E-state index is -0.666. The lowest BCUT2D eigenvalue weighted by molar-refractivity contribution is -0.139. The van der Waals surface area contributed by atoms with Crippen molar-refractivity contribution < 1.29 is 19.1 Å². The Hall–Kier alpha value is -2.93. The number of benzene rings is 1. The van der Waals surface area contributed by atoms with Crippen molar-refractivity contribution in [3.05, 3.63) is 70.1 Å². The highest BCUT2D eigenvalue weighted by molar-refractivity contribution is 7.12. The van der Waals surface area contributed by atoms with Gasteiger partial charge in [0.2, 0.25) is 0 Å².